The molecule has 0 aliphatic rings. The lowest BCUT2D eigenvalue weighted by molar-refractivity contribution is -0.152. The number of carbonyl (C=O) groups is 3. The molecule has 0 saturated heterocycles. The Morgan fingerprint density at radius 2 is 1.92 bits per heavy atom. The summed E-state index contributed by atoms with van der Waals surface area (Å²) in [5.41, 5.74) is 0.880. The van der Waals surface area contributed by atoms with Gasteiger partial charge in [-0.15, -0.1) is 5.10 Å². The zero-order valence-electron chi connectivity index (χ0n) is 14.5. The molecule has 0 saturated carbocycles. The first-order valence-corrected chi connectivity index (χ1v) is 7.99. The number of aromatic nitrogens is 4. The van der Waals surface area contributed by atoms with Crippen LogP contribution in [0.1, 0.15) is 25.5 Å². The van der Waals surface area contributed by atoms with Gasteiger partial charge in [0.15, 0.2) is 12.6 Å². The predicted molar refractivity (Wildman–Crippen MR) is 89.8 cm³/mol. The molecule has 0 aliphatic heterocycles. The van der Waals surface area contributed by atoms with E-state index in [4.69, 9.17) is 4.74 Å². The van der Waals surface area contributed by atoms with Crippen LogP contribution in [0.5, 0.6) is 0 Å². The Bertz CT molecular complexity index is 732. The third kappa shape index (κ3) is 5.96. The van der Waals surface area contributed by atoms with Crippen molar-refractivity contribution in [2.45, 2.75) is 32.4 Å². The summed E-state index contributed by atoms with van der Waals surface area (Å²) < 4.78 is 6.28. The Hall–Kier alpha value is -3.30. The zero-order chi connectivity index (χ0) is 18.9. The molecular formula is C16H20N6O4. The fourth-order valence-electron chi connectivity index (χ4n) is 2.13. The lowest BCUT2D eigenvalue weighted by atomic mass is 10.1. The van der Waals surface area contributed by atoms with E-state index in [1.165, 1.54) is 11.0 Å². The number of carbonyl (C=O) groups excluding carboxylic acids is 3. The molecule has 0 radical (unpaired) electrons. The van der Waals surface area contributed by atoms with E-state index in [0.29, 0.717) is 6.42 Å². The quantitative estimate of drug-likeness (QED) is 0.677. The van der Waals surface area contributed by atoms with E-state index in [9.17, 15) is 14.4 Å². The lowest BCUT2D eigenvalue weighted by Gasteiger charge is -2.15. The minimum atomic E-state index is -0.829. The van der Waals surface area contributed by atoms with Crippen LogP contribution < -0.4 is 10.6 Å². The molecule has 1 aromatic carbocycles. The summed E-state index contributed by atoms with van der Waals surface area (Å²) in [5.74, 6) is -1.41. The summed E-state index contributed by atoms with van der Waals surface area (Å²) in [7, 11) is 0. The third-order valence-corrected chi connectivity index (χ3v) is 3.25. The Morgan fingerprint density at radius 3 is 2.54 bits per heavy atom. The highest BCUT2D eigenvalue weighted by Gasteiger charge is 2.25. The van der Waals surface area contributed by atoms with Crippen molar-refractivity contribution in [3.63, 3.8) is 0 Å². The van der Waals surface area contributed by atoms with Gasteiger partial charge in [0.2, 0.25) is 0 Å². The summed E-state index contributed by atoms with van der Waals surface area (Å²) in [4.78, 5) is 35.6. The summed E-state index contributed by atoms with van der Waals surface area (Å²) in [5, 5.41) is 15.3. The van der Waals surface area contributed by atoms with Crippen molar-refractivity contribution < 1.29 is 19.1 Å². The van der Waals surface area contributed by atoms with Crippen LogP contribution in [0.25, 0.3) is 0 Å². The highest BCUT2D eigenvalue weighted by molar-refractivity contribution is 5.95. The molecule has 0 spiro atoms. The van der Waals surface area contributed by atoms with E-state index in [2.05, 4.69) is 26.2 Å². The molecule has 1 atom stereocenters. The number of hydrogen-bond acceptors (Lipinski definition) is 7. The van der Waals surface area contributed by atoms with E-state index >= 15 is 0 Å². The molecule has 0 aliphatic carbocycles. The first-order valence-electron chi connectivity index (χ1n) is 7.99. The summed E-state index contributed by atoms with van der Waals surface area (Å²) >= 11 is 0. The van der Waals surface area contributed by atoms with E-state index in [1.54, 1.807) is 13.8 Å². The molecule has 0 unspecified atom stereocenters. The number of esters is 1. The van der Waals surface area contributed by atoms with Crippen molar-refractivity contribution in [3.05, 3.63) is 42.2 Å². The first-order chi connectivity index (χ1) is 12.5. The second kappa shape index (κ2) is 9.25. The number of ether oxygens (including phenoxy) is 1. The van der Waals surface area contributed by atoms with Gasteiger partial charge in [-0.3, -0.25) is 10.1 Å². The number of rotatable bonds is 7. The van der Waals surface area contributed by atoms with Crippen LogP contribution >= 0.6 is 0 Å². The fourth-order valence-corrected chi connectivity index (χ4v) is 2.13. The Balaban J connectivity index is 1.94. The average Bonchev–Trinajstić information content (AvgIpc) is 3.12. The van der Waals surface area contributed by atoms with Gasteiger partial charge in [0.05, 0.1) is 0 Å². The Labute approximate surface area is 149 Å². The SMILES string of the molecule is CC(C)NC(=O)NC(=O)COC(=O)[C@@H](Cc1ccccc1)n1cnnn1. The molecule has 10 nitrogen and oxygen atoms in total. The molecule has 2 rings (SSSR count). The molecule has 10 heteroatoms. The molecule has 1 aromatic heterocycles. The molecule has 3 amide bonds. The largest absolute Gasteiger partial charge is 0.454 e. The molecule has 26 heavy (non-hydrogen) atoms. The predicted octanol–water partition coefficient (Wildman–Crippen LogP) is 0.234. The van der Waals surface area contributed by atoms with Crippen LogP contribution in [-0.4, -0.2) is 50.8 Å². The van der Waals surface area contributed by atoms with Crippen molar-refractivity contribution in [2.75, 3.05) is 6.61 Å². The van der Waals surface area contributed by atoms with Crippen LogP contribution in [0.3, 0.4) is 0 Å². The molecule has 2 aromatic rings. The molecule has 2 N–H and O–H groups in total. The normalized spacial score (nSPS) is 11.7. The van der Waals surface area contributed by atoms with Crippen molar-refractivity contribution >= 4 is 17.9 Å². The van der Waals surface area contributed by atoms with E-state index in [-0.39, 0.29) is 6.04 Å². The molecule has 0 bridgehead atoms. The van der Waals surface area contributed by atoms with Gasteiger partial charge in [-0.25, -0.2) is 14.3 Å². The summed E-state index contributed by atoms with van der Waals surface area (Å²) in [6.07, 6.45) is 1.59. The second-order valence-corrected chi connectivity index (χ2v) is 5.78. The summed E-state index contributed by atoms with van der Waals surface area (Å²) in [6.45, 7) is 2.92. The van der Waals surface area contributed by atoms with Crippen molar-refractivity contribution in [1.29, 1.82) is 0 Å². The molecule has 138 valence electrons. The molecule has 0 fully saturated rings. The molecular weight excluding hydrogens is 340 g/mol. The minimum Gasteiger partial charge on any atom is -0.454 e. The maximum absolute atomic E-state index is 12.4. The van der Waals surface area contributed by atoms with Gasteiger partial charge in [-0.1, -0.05) is 30.3 Å². The van der Waals surface area contributed by atoms with E-state index in [0.717, 1.165) is 5.56 Å². The number of nitrogens with zero attached hydrogens (tertiary/aromatic N) is 4. The van der Waals surface area contributed by atoms with Gasteiger partial charge < -0.3 is 10.1 Å². The van der Waals surface area contributed by atoms with Gasteiger partial charge in [0.1, 0.15) is 6.33 Å². The smallest absolute Gasteiger partial charge is 0.331 e. The van der Waals surface area contributed by atoms with Gasteiger partial charge in [0.25, 0.3) is 5.91 Å². The minimum absolute atomic E-state index is 0.125. The van der Waals surface area contributed by atoms with Gasteiger partial charge in [-0.05, 0) is 29.8 Å². The topological polar surface area (TPSA) is 128 Å². The maximum Gasteiger partial charge on any atom is 0.331 e. The lowest BCUT2D eigenvalue weighted by Crippen LogP contribution is -2.44. The maximum atomic E-state index is 12.4. The number of benzene rings is 1. The average molecular weight is 360 g/mol. The number of nitrogens with one attached hydrogen (secondary N) is 2. The van der Waals surface area contributed by atoms with E-state index in [1.807, 2.05) is 30.3 Å². The van der Waals surface area contributed by atoms with Crippen molar-refractivity contribution in [2.24, 2.45) is 0 Å². The van der Waals surface area contributed by atoms with E-state index < -0.39 is 30.6 Å². The zero-order valence-corrected chi connectivity index (χ0v) is 14.5. The van der Waals surface area contributed by atoms with Crippen LogP contribution in [0.15, 0.2) is 36.7 Å². The first kappa shape index (κ1) is 19.0. The van der Waals surface area contributed by atoms with Gasteiger partial charge in [0, 0.05) is 12.5 Å². The third-order valence-electron chi connectivity index (χ3n) is 3.25. The number of urea groups is 1. The van der Waals surface area contributed by atoms with Crippen molar-refractivity contribution in [3.8, 4) is 0 Å². The second-order valence-electron chi connectivity index (χ2n) is 5.78. The monoisotopic (exact) mass is 360 g/mol. The van der Waals surface area contributed by atoms with Gasteiger partial charge >= 0.3 is 12.0 Å². The number of amides is 3. The number of hydrogen-bond donors (Lipinski definition) is 2. The van der Waals surface area contributed by atoms with Crippen LogP contribution in [0.4, 0.5) is 4.79 Å². The Morgan fingerprint density at radius 1 is 1.19 bits per heavy atom. The standard InChI is InChI=1S/C16H20N6O4/c1-11(2)18-16(25)19-14(23)9-26-15(24)13(22-10-17-20-21-22)8-12-6-4-3-5-7-12/h3-7,10-11,13H,8-9H2,1-2H3,(H2,18,19,23,25)/t13-/m1/s1. The van der Waals surface area contributed by atoms with Crippen LogP contribution in [0, 0.1) is 0 Å². The number of imide groups is 1. The Kier molecular flexibility index (Phi) is 6.77. The number of tetrazole rings is 1. The van der Waals surface area contributed by atoms with Crippen molar-refractivity contribution in [1.82, 2.24) is 30.8 Å². The highest BCUT2D eigenvalue weighted by Crippen LogP contribution is 2.14. The highest BCUT2D eigenvalue weighted by atomic mass is 16.5. The molecule has 1 heterocycles. The van der Waals surface area contributed by atoms with Crippen LogP contribution in [-0.2, 0) is 20.7 Å². The van der Waals surface area contributed by atoms with Gasteiger partial charge in [-0.2, -0.15) is 0 Å². The summed E-state index contributed by atoms with van der Waals surface area (Å²) in [6, 6.07) is 7.66. The van der Waals surface area contributed by atoms with Crippen LogP contribution in [0.2, 0.25) is 0 Å². The fraction of sp³-hybridized carbons (Fsp3) is 0.375.